The fourth-order valence-electron chi connectivity index (χ4n) is 2.78. The average Bonchev–Trinajstić information content (AvgIpc) is 2.46. The Kier molecular flexibility index (Phi) is 9.44. The number of methoxy groups -OCH3 is 1. The van der Waals surface area contributed by atoms with Gasteiger partial charge in [-0.05, 0) is 32.1 Å². The van der Waals surface area contributed by atoms with Crippen molar-refractivity contribution in [3.63, 3.8) is 0 Å². The van der Waals surface area contributed by atoms with Crippen LogP contribution in [0.25, 0.3) is 0 Å². The molecule has 0 saturated carbocycles. The summed E-state index contributed by atoms with van der Waals surface area (Å²) in [5.74, 6) is 0. The van der Waals surface area contributed by atoms with Crippen LogP contribution in [0, 0.1) is 0 Å². The first-order chi connectivity index (χ1) is 9.71. The van der Waals surface area contributed by atoms with Gasteiger partial charge in [0.1, 0.15) is 6.79 Å². The summed E-state index contributed by atoms with van der Waals surface area (Å²) in [5.41, 5.74) is 0. The van der Waals surface area contributed by atoms with E-state index in [2.05, 4.69) is 6.92 Å². The van der Waals surface area contributed by atoms with Crippen molar-refractivity contribution in [1.82, 2.24) is 0 Å². The highest BCUT2D eigenvalue weighted by Gasteiger charge is 2.32. The predicted molar refractivity (Wildman–Crippen MR) is 79.7 cm³/mol. The lowest BCUT2D eigenvalue weighted by Gasteiger charge is -2.37. The molecule has 1 aliphatic rings. The van der Waals surface area contributed by atoms with E-state index < -0.39 is 0 Å². The summed E-state index contributed by atoms with van der Waals surface area (Å²) in [6, 6.07) is 0. The molecule has 1 saturated heterocycles. The molecule has 120 valence electrons. The van der Waals surface area contributed by atoms with Crippen molar-refractivity contribution in [2.45, 2.75) is 89.6 Å². The van der Waals surface area contributed by atoms with Crippen LogP contribution in [0.4, 0.5) is 0 Å². The molecule has 0 amide bonds. The van der Waals surface area contributed by atoms with Crippen LogP contribution in [0.3, 0.4) is 0 Å². The zero-order valence-electron chi connectivity index (χ0n) is 13.3. The lowest BCUT2D eigenvalue weighted by molar-refractivity contribution is -0.178. The Morgan fingerprint density at radius 3 is 2.70 bits per heavy atom. The van der Waals surface area contributed by atoms with E-state index >= 15 is 0 Å². The van der Waals surface area contributed by atoms with E-state index in [1.165, 1.54) is 19.3 Å². The summed E-state index contributed by atoms with van der Waals surface area (Å²) in [6.07, 6.45) is 8.41. The Hall–Kier alpha value is -0.160. The van der Waals surface area contributed by atoms with Crippen molar-refractivity contribution in [2.24, 2.45) is 0 Å². The first-order valence-electron chi connectivity index (χ1n) is 8.15. The van der Waals surface area contributed by atoms with E-state index in [1.807, 2.05) is 6.92 Å². The van der Waals surface area contributed by atoms with Gasteiger partial charge in [-0.2, -0.15) is 0 Å². The molecule has 0 aliphatic carbocycles. The first kappa shape index (κ1) is 17.9. The summed E-state index contributed by atoms with van der Waals surface area (Å²) >= 11 is 0. The zero-order chi connectivity index (χ0) is 14.8. The molecule has 4 atom stereocenters. The van der Waals surface area contributed by atoms with Crippen LogP contribution in [-0.2, 0) is 14.2 Å². The number of hydrogen-bond acceptors (Lipinski definition) is 4. The third kappa shape index (κ3) is 6.53. The van der Waals surface area contributed by atoms with E-state index in [4.69, 9.17) is 14.2 Å². The predicted octanol–water partition coefficient (Wildman–Crippen LogP) is 3.26. The van der Waals surface area contributed by atoms with Gasteiger partial charge in [0.05, 0.1) is 24.4 Å². The summed E-state index contributed by atoms with van der Waals surface area (Å²) in [5, 5.41) is 9.79. The normalized spacial score (nSPS) is 28.5. The smallest absolute Gasteiger partial charge is 0.146 e. The first-order valence-corrected chi connectivity index (χ1v) is 8.15. The van der Waals surface area contributed by atoms with Crippen LogP contribution in [0.2, 0.25) is 0 Å². The minimum Gasteiger partial charge on any atom is -0.393 e. The topological polar surface area (TPSA) is 47.9 Å². The maximum Gasteiger partial charge on any atom is 0.146 e. The van der Waals surface area contributed by atoms with Crippen LogP contribution in [-0.4, -0.2) is 43.4 Å². The van der Waals surface area contributed by atoms with Crippen LogP contribution < -0.4 is 0 Å². The fraction of sp³-hybridized carbons (Fsp3) is 1.00. The van der Waals surface area contributed by atoms with Crippen molar-refractivity contribution in [2.75, 3.05) is 13.9 Å². The molecule has 1 N–H and O–H groups in total. The molecular formula is C16H32O4. The number of rotatable bonds is 10. The van der Waals surface area contributed by atoms with Gasteiger partial charge in [0.2, 0.25) is 0 Å². The lowest BCUT2D eigenvalue weighted by Crippen LogP contribution is -2.41. The van der Waals surface area contributed by atoms with Crippen molar-refractivity contribution in [1.29, 1.82) is 0 Å². The van der Waals surface area contributed by atoms with Gasteiger partial charge >= 0.3 is 0 Å². The third-order valence-corrected chi connectivity index (χ3v) is 4.05. The van der Waals surface area contributed by atoms with Crippen LogP contribution >= 0.6 is 0 Å². The van der Waals surface area contributed by atoms with Gasteiger partial charge in [0.15, 0.2) is 0 Å². The molecule has 0 spiro atoms. The van der Waals surface area contributed by atoms with Crippen LogP contribution in [0.5, 0.6) is 0 Å². The summed E-state index contributed by atoms with van der Waals surface area (Å²) < 4.78 is 16.9. The molecule has 1 fully saturated rings. The molecule has 0 aromatic heterocycles. The monoisotopic (exact) mass is 288 g/mol. The van der Waals surface area contributed by atoms with Gasteiger partial charge in [-0.25, -0.2) is 0 Å². The molecule has 0 aromatic rings. The largest absolute Gasteiger partial charge is 0.393 e. The van der Waals surface area contributed by atoms with Crippen molar-refractivity contribution >= 4 is 0 Å². The second kappa shape index (κ2) is 10.6. The van der Waals surface area contributed by atoms with Crippen LogP contribution in [0.1, 0.15) is 65.2 Å². The Labute approximate surface area is 123 Å². The third-order valence-electron chi connectivity index (χ3n) is 4.05. The van der Waals surface area contributed by atoms with Gasteiger partial charge in [0, 0.05) is 7.11 Å². The quantitative estimate of drug-likeness (QED) is 0.495. The highest BCUT2D eigenvalue weighted by Crippen LogP contribution is 2.28. The molecule has 0 bridgehead atoms. The number of hydrogen-bond donors (Lipinski definition) is 1. The van der Waals surface area contributed by atoms with Gasteiger partial charge in [-0.15, -0.1) is 0 Å². The van der Waals surface area contributed by atoms with E-state index in [-0.39, 0.29) is 24.4 Å². The molecule has 20 heavy (non-hydrogen) atoms. The second-order valence-corrected chi connectivity index (χ2v) is 5.78. The van der Waals surface area contributed by atoms with E-state index in [0.717, 1.165) is 32.1 Å². The SMILES string of the molecule is CCCCC[C@H]1O[C@@H](CC(O)CC)CC[C@@H]1OCOC. The number of unbranched alkanes of at least 4 members (excludes halogenated alkanes) is 2. The van der Waals surface area contributed by atoms with Crippen molar-refractivity contribution in [3.05, 3.63) is 0 Å². The molecular weight excluding hydrogens is 256 g/mol. The summed E-state index contributed by atoms with van der Waals surface area (Å²) in [4.78, 5) is 0. The molecule has 1 heterocycles. The molecule has 1 aliphatic heterocycles. The maximum atomic E-state index is 9.79. The maximum absolute atomic E-state index is 9.79. The molecule has 4 nitrogen and oxygen atoms in total. The van der Waals surface area contributed by atoms with Crippen molar-refractivity contribution in [3.8, 4) is 0 Å². The fourth-order valence-corrected chi connectivity index (χ4v) is 2.78. The standard InChI is InChI=1S/C16H32O4/c1-4-6-7-8-16-15(19-12-18-3)10-9-14(20-16)11-13(17)5-2/h13-17H,4-12H2,1-3H3/t13?,14-,15+,16-/m1/s1. The van der Waals surface area contributed by atoms with Crippen LogP contribution in [0.15, 0.2) is 0 Å². The molecule has 1 rings (SSSR count). The zero-order valence-corrected chi connectivity index (χ0v) is 13.3. The lowest BCUT2D eigenvalue weighted by atomic mass is 9.94. The van der Waals surface area contributed by atoms with Crippen molar-refractivity contribution < 1.29 is 19.3 Å². The molecule has 1 unspecified atom stereocenters. The van der Waals surface area contributed by atoms with E-state index in [0.29, 0.717) is 6.79 Å². The van der Waals surface area contributed by atoms with E-state index in [1.54, 1.807) is 7.11 Å². The van der Waals surface area contributed by atoms with Gasteiger partial charge in [-0.1, -0.05) is 33.1 Å². The van der Waals surface area contributed by atoms with Gasteiger partial charge in [-0.3, -0.25) is 0 Å². The summed E-state index contributed by atoms with van der Waals surface area (Å²) in [7, 11) is 1.65. The highest BCUT2D eigenvalue weighted by molar-refractivity contribution is 4.81. The molecule has 0 radical (unpaired) electrons. The number of ether oxygens (including phenoxy) is 3. The Bertz CT molecular complexity index is 235. The average molecular weight is 288 g/mol. The minimum atomic E-state index is -0.243. The van der Waals surface area contributed by atoms with Gasteiger partial charge in [0.25, 0.3) is 0 Å². The molecule has 0 aromatic carbocycles. The number of aliphatic hydroxyl groups excluding tert-OH is 1. The van der Waals surface area contributed by atoms with E-state index in [9.17, 15) is 5.11 Å². The summed E-state index contributed by atoms with van der Waals surface area (Å²) in [6.45, 7) is 4.55. The Balaban J connectivity index is 2.44. The van der Waals surface area contributed by atoms with Gasteiger partial charge < -0.3 is 19.3 Å². The second-order valence-electron chi connectivity index (χ2n) is 5.78. The molecule has 4 heteroatoms. The minimum absolute atomic E-state index is 0.141. The Morgan fingerprint density at radius 2 is 2.05 bits per heavy atom. The number of aliphatic hydroxyl groups is 1. The Morgan fingerprint density at radius 1 is 1.25 bits per heavy atom. The highest BCUT2D eigenvalue weighted by atomic mass is 16.7.